The third-order valence-corrected chi connectivity index (χ3v) is 4.12. The molecule has 0 unspecified atom stereocenters. The standard InChI is InChI=1S/C21H21F3N4/c1-28(2)11-3-10-25-21-16-13-15(22)6-8-19(16)26-20(27-21)9-5-14-4-7-17(23)18(24)12-14/h4-9,12-13H,3,10-11H2,1-2H3,(H,25,26,27)/b9-5+. The Morgan fingerprint density at radius 2 is 1.79 bits per heavy atom. The summed E-state index contributed by atoms with van der Waals surface area (Å²) >= 11 is 0. The molecule has 1 N–H and O–H groups in total. The fourth-order valence-electron chi connectivity index (χ4n) is 2.72. The Balaban J connectivity index is 1.88. The van der Waals surface area contributed by atoms with Gasteiger partial charge in [-0.15, -0.1) is 0 Å². The number of hydrogen-bond acceptors (Lipinski definition) is 4. The number of aromatic nitrogens is 2. The van der Waals surface area contributed by atoms with Gasteiger partial charge in [0.05, 0.1) is 5.52 Å². The summed E-state index contributed by atoms with van der Waals surface area (Å²) in [6.45, 7) is 1.58. The van der Waals surface area contributed by atoms with Gasteiger partial charge in [-0.2, -0.15) is 0 Å². The molecule has 4 nitrogen and oxygen atoms in total. The number of rotatable bonds is 7. The predicted molar refractivity (Wildman–Crippen MR) is 106 cm³/mol. The van der Waals surface area contributed by atoms with Crippen LogP contribution in [0.15, 0.2) is 36.4 Å². The van der Waals surface area contributed by atoms with Crippen LogP contribution in [0.1, 0.15) is 17.8 Å². The number of anilines is 1. The third kappa shape index (κ3) is 5.07. The Labute approximate surface area is 161 Å². The summed E-state index contributed by atoms with van der Waals surface area (Å²) in [6.07, 6.45) is 4.11. The van der Waals surface area contributed by atoms with Gasteiger partial charge in [-0.1, -0.05) is 12.1 Å². The van der Waals surface area contributed by atoms with Crippen molar-refractivity contribution >= 4 is 28.9 Å². The van der Waals surface area contributed by atoms with Crippen molar-refractivity contribution in [3.63, 3.8) is 0 Å². The minimum absolute atomic E-state index is 0.363. The van der Waals surface area contributed by atoms with E-state index in [0.29, 0.717) is 34.7 Å². The zero-order valence-corrected chi connectivity index (χ0v) is 15.7. The summed E-state index contributed by atoms with van der Waals surface area (Å²) < 4.78 is 40.1. The highest BCUT2D eigenvalue weighted by molar-refractivity contribution is 5.90. The van der Waals surface area contributed by atoms with Gasteiger partial charge < -0.3 is 10.2 Å². The molecule has 3 rings (SSSR count). The van der Waals surface area contributed by atoms with Gasteiger partial charge in [0.2, 0.25) is 0 Å². The molecule has 28 heavy (non-hydrogen) atoms. The van der Waals surface area contributed by atoms with E-state index in [1.54, 1.807) is 18.2 Å². The van der Waals surface area contributed by atoms with E-state index in [-0.39, 0.29) is 5.82 Å². The molecule has 0 fully saturated rings. The fraction of sp³-hybridized carbons (Fsp3) is 0.238. The van der Waals surface area contributed by atoms with Crippen LogP contribution in [0.2, 0.25) is 0 Å². The maximum absolute atomic E-state index is 13.7. The Kier molecular flexibility index (Phi) is 6.26. The van der Waals surface area contributed by atoms with Crippen molar-refractivity contribution in [3.05, 3.63) is 65.2 Å². The second kappa shape index (κ2) is 8.84. The highest BCUT2D eigenvalue weighted by Gasteiger charge is 2.08. The van der Waals surface area contributed by atoms with Crippen LogP contribution in [0.25, 0.3) is 23.1 Å². The number of fused-ring (bicyclic) bond motifs is 1. The molecular formula is C21H21F3N4. The van der Waals surface area contributed by atoms with Crippen LogP contribution in [0.4, 0.5) is 19.0 Å². The molecule has 0 aliphatic rings. The Bertz CT molecular complexity index is 1000. The normalized spacial score (nSPS) is 11.6. The first-order valence-electron chi connectivity index (χ1n) is 8.91. The summed E-state index contributed by atoms with van der Waals surface area (Å²) in [5, 5.41) is 3.83. The van der Waals surface area contributed by atoms with Gasteiger partial charge in [-0.3, -0.25) is 0 Å². The van der Waals surface area contributed by atoms with E-state index >= 15 is 0 Å². The SMILES string of the molecule is CN(C)CCCNc1nc(/C=C/c2ccc(F)c(F)c2)nc2ccc(F)cc12. The lowest BCUT2D eigenvalue weighted by Gasteiger charge is -2.12. The minimum atomic E-state index is -0.916. The highest BCUT2D eigenvalue weighted by Crippen LogP contribution is 2.22. The van der Waals surface area contributed by atoms with Crippen molar-refractivity contribution in [3.8, 4) is 0 Å². The monoisotopic (exact) mass is 386 g/mol. The zero-order chi connectivity index (χ0) is 20.1. The molecule has 2 aromatic carbocycles. The number of nitrogens with zero attached hydrogens (tertiary/aromatic N) is 3. The lowest BCUT2D eigenvalue weighted by atomic mass is 10.2. The molecule has 0 spiro atoms. The van der Waals surface area contributed by atoms with Crippen molar-refractivity contribution in [1.82, 2.24) is 14.9 Å². The number of hydrogen-bond donors (Lipinski definition) is 1. The van der Waals surface area contributed by atoms with Gasteiger partial charge in [0, 0.05) is 11.9 Å². The lowest BCUT2D eigenvalue weighted by molar-refractivity contribution is 0.405. The summed E-state index contributed by atoms with van der Waals surface area (Å²) in [4.78, 5) is 10.9. The van der Waals surface area contributed by atoms with Crippen LogP contribution in [-0.2, 0) is 0 Å². The van der Waals surface area contributed by atoms with E-state index in [1.807, 2.05) is 14.1 Å². The molecule has 0 saturated heterocycles. The van der Waals surface area contributed by atoms with Crippen molar-refractivity contribution in [2.45, 2.75) is 6.42 Å². The van der Waals surface area contributed by atoms with Gasteiger partial charge in [0.25, 0.3) is 0 Å². The van der Waals surface area contributed by atoms with Crippen LogP contribution >= 0.6 is 0 Å². The van der Waals surface area contributed by atoms with E-state index in [4.69, 9.17) is 0 Å². The molecule has 0 aliphatic heterocycles. The van der Waals surface area contributed by atoms with Gasteiger partial charge in [-0.25, -0.2) is 23.1 Å². The van der Waals surface area contributed by atoms with Gasteiger partial charge in [0.1, 0.15) is 11.6 Å². The lowest BCUT2D eigenvalue weighted by Crippen LogP contribution is -2.17. The molecule has 1 aromatic heterocycles. The van der Waals surface area contributed by atoms with E-state index in [9.17, 15) is 13.2 Å². The highest BCUT2D eigenvalue weighted by atomic mass is 19.2. The van der Waals surface area contributed by atoms with Crippen molar-refractivity contribution < 1.29 is 13.2 Å². The van der Waals surface area contributed by atoms with Crippen molar-refractivity contribution in [2.24, 2.45) is 0 Å². The van der Waals surface area contributed by atoms with Crippen LogP contribution in [0.3, 0.4) is 0 Å². The first-order chi connectivity index (χ1) is 13.4. The summed E-state index contributed by atoms with van der Waals surface area (Å²) in [5.41, 5.74) is 1.08. The van der Waals surface area contributed by atoms with Crippen LogP contribution < -0.4 is 5.32 Å². The van der Waals surface area contributed by atoms with E-state index in [2.05, 4.69) is 20.2 Å². The van der Waals surface area contributed by atoms with Crippen LogP contribution in [0.5, 0.6) is 0 Å². The molecule has 7 heteroatoms. The predicted octanol–water partition coefficient (Wildman–Crippen LogP) is 4.58. The van der Waals surface area contributed by atoms with Gasteiger partial charge >= 0.3 is 0 Å². The van der Waals surface area contributed by atoms with E-state index < -0.39 is 11.6 Å². The minimum Gasteiger partial charge on any atom is -0.369 e. The molecule has 0 atom stereocenters. The Morgan fingerprint density at radius 1 is 0.964 bits per heavy atom. The first kappa shape index (κ1) is 19.8. The quantitative estimate of drug-likeness (QED) is 0.604. The Morgan fingerprint density at radius 3 is 2.54 bits per heavy atom. The summed E-state index contributed by atoms with van der Waals surface area (Å²) in [7, 11) is 3.99. The number of nitrogens with one attached hydrogen (secondary N) is 1. The second-order valence-electron chi connectivity index (χ2n) is 6.68. The van der Waals surface area contributed by atoms with Crippen LogP contribution in [0, 0.1) is 17.5 Å². The van der Waals surface area contributed by atoms with Crippen molar-refractivity contribution in [2.75, 3.05) is 32.5 Å². The molecule has 146 valence electrons. The largest absolute Gasteiger partial charge is 0.369 e. The maximum Gasteiger partial charge on any atom is 0.159 e. The number of benzene rings is 2. The maximum atomic E-state index is 13.7. The zero-order valence-electron chi connectivity index (χ0n) is 15.7. The molecule has 3 aromatic rings. The summed E-state index contributed by atoms with van der Waals surface area (Å²) in [5.74, 6) is -1.25. The van der Waals surface area contributed by atoms with Crippen molar-refractivity contribution in [1.29, 1.82) is 0 Å². The smallest absolute Gasteiger partial charge is 0.159 e. The molecule has 0 saturated carbocycles. The fourth-order valence-corrected chi connectivity index (χ4v) is 2.72. The van der Waals surface area contributed by atoms with E-state index in [1.165, 1.54) is 18.2 Å². The molecular weight excluding hydrogens is 365 g/mol. The topological polar surface area (TPSA) is 41.0 Å². The van der Waals surface area contributed by atoms with Crippen LogP contribution in [-0.4, -0.2) is 42.1 Å². The first-order valence-corrected chi connectivity index (χ1v) is 8.91. The van der Waals surface area contributed by atoms with Gasteiger partial charge in [-0.05, 0) is 69.0 Å². The average Bonchev–Trinajstić information content (AvgIpc) is 2.66. The molecule has 1 heterocycles. The molecule has 0 amide bonds. The molecule has 0 radical (unpaired) electrons. The summed E-state index contributed by atoms with van der Waals surface area (Å²) in [6, 6.07) is 7.96. The van der Waals surface area contributed by atoms with Gasteiger partial charge in [0.15, 0.2) is 17.5 Å². The average molecular weight is 386 g/mol. The third-order valence-electron chi connectivity index (χ3n) is 4.12. The molecule has 0 bridgehead atoms. The number of halogens is 3. The second-order valence-corrected chi connectivity index (χ2v) is 6.68. The van der Waals surface area contributed by atoms with E-state index in [0.717, 1.165) is 25.1 Å². The molecule has 0 aliphatic carbocycles. The Hall–Kier alpha value is -2.93.